The van der Waals surface area contributed by atoms with Gasteiger partial charge in [0, 0.05) is 24.3 Å². The molecule has 1 heterocycles. The lowest BCUT2D eigenvalue weighted by atomic mass is 10.1. The maximum absolute atomic E-state index is 9.50. The average Bonchev–Trinajstić information content (AvgIpc) is 2.75. The van der Waals surface area contributed by atoms with Gasteiger partial charge in [0.15, 0.2) is 5.84 Å². The van der Waals surface area contributed by atoms with Gasteiger partial charge in [-0.15, -0.1) is 0 Å². The summed E-state index contributed by atoms with van der Waals surface area (Å²) < 4.78 is 0. The Labute approximate surface area is 100 Å². The zero-order valence-corrected chi connectivity index (χ0v) is 9.80. The minimum absolute atomic E-state index is 0.121. The summed E-state index contributed by atoms with van der Waals surface area (Å²) in [6, 6.07) is 5.76. The lowest BCUT2D eigenvalue weighted by molar-refractivity contribution is 0.198. The SMILES string of the molecule is Cc1cc(N2CCC(O)C2)ccc1/C(N)=N/O. The van der Waals surface area contributed by atoms with Crippen molar-refractivity contribution in [3.63, 3.8) is 0 Å². The molecule has 92 valence electrons. The van der Waals surface area contributed by atoms with Crippen LogP contribution < -0.4 is 10.6 Å². The summed E-state index contributed by atoms with van der Waals surface area (Å²) in [5.74, 6) is 0.121. The van der Waals surface area contributed by atoms with Crippen molar-refractivity contribution in [2.45, 2.75) is 19.4 Å². The molecule has 4 N–H and O–H groups in total. The van der Waals surface area contributed by atoms with E-state index in [-0.39, 0.29) is 11.9 Å². The number of amidine groups is 1. The van der Waals surface area contributed by atoms with E-state index < -0.39 is 0 Å². The number of aryl methyl sites for hydroxylation is 1. The van der Waals surface area contributed by atoms with Crippen molar-refractivity contribution < 1.29 is 10.3 Å². The molecule has 0 bridgehead atoms. The van der Waals surface area contributed by atoms with E-state index in [9.17, 15) is 5.11 Å². The number of aliphatic hydroxyl groups is 1. The van der Waals surface area contributed by atoms with Gasteiger partial charge in [-0.1, -0.05) is 5.16 Å². The van der Waals surface area contributed by atoms with Crippen LogP contribution in [0.5, 0.6) is 0 Å². The average molecular weight is 235 g/mol. The number of rotatable bonds is 2. The van der Waals surface area contributed by atoms with Crippen LogP contribution in [-0.2, 0) is 0 Å². The molecule has 0 amide bonds. The predicted octanol–water partition coefficient (Wildman–Crippen LogP) is 0.661. The van der Waals surface area contributed by atoms with E-state index in [0.29, 0.717) is 6.54 Å². The van der Waals surface area contributed by atoms with E-state index >= 15 is 0 Å². The van der Waals surface area contributed by atoms with Crippen LogP contribution in [-0.4, -0.2) is 35.3 Å². The molecule has 1 saturated heterocycles. The Kier molecular flexibility index (Phi) is 3.19. The summed E-state index contributed by atoms with van der Waals surface area (Å²) in [5, 5.41) is 21.1. The van der Waals surface area contributed by atoms with Gasteiger partial charge in [0.05, 0.1) is 6.10 Å². The van der Waals surface area contributed by atoms with Gasteiger partial charge in [-0.3, -0.25) is 0 Å². The van der Waals surface area contributed by atoms with Crippen molar-refractivity contribution in [3.8, 4) is 0 Å². The molecule has 0 aromatic heterocycles. The fourth-order valence-electron chi connectivity index (χ4n) is 2.16. The van der Waals surface area contributed by atoms with Gasteiger partial charge >= 0.3 is 0 Å². The highest BCUT2D eigenvalue weighted by atomic mass is 16.4. The molecule has 5 heteroatoms. The quantitative estimate of drug-likeness (QED) is 0.304. The highest BCUT2D eigenvalue weighted by Crippen LogP contribution is 2.23. The van der Waals surface area contributed by atoms with Crippen LogP contribution >= 0.6 is 0 Å². The summed E-state index contributed by atoms with van der Waals surface area (Å²) in [6.45, 7) is 3.45. The molecular formula is C12H17N3O2. The Balaban J connectivity index is 2.25. The van der Waals surface area contributed by atoms with Crippen molar-refractivity contribution in [2.24, 2.45) is 10.9 Å². The summed E-state index contributed by atoms with van der Waals surface area (Å²) in [4.78, 5) is 2.13. The largest absolute Gasteiger partial charge is 0.409 e. The monoisotopic (exact) mass is 235 g/mol. The maximum atomic E-state index is 9.50. The first-order chi connectivity index (χ1) is 8.11. The van der Waals surface area contributed by atoms with Gasteiger partial charge in [-0.05, 0) is 37.1 Å². The van der Waals surface area contributed by atoms with Crippen LogP contribution in [0.1, 0.15) is 17.5 Å². The molecule has 1 unspecified atom stereocenters. The van der Waals surface area contributed by atoms with Crippen LogP contribution in [0.3, 0.4) is 0 Å². The van der Waals surface area contributed by atoms with E-state index in [1.807, 2.05) is 25.1 Å². The highest BCUT2D eigenvalue weighted by Gasteiger charge is 2.20. The van der Waals surface area contributed by atoms with Crippen LogP contribution in [0.4, 0.5) is 5.69 Å². The Morgan fingerprint density at radius 3 is 2.82 bits per heavy atom. The second kappa shape index (κ2) is 4.63. The van der Waals surface area contributed by atoms with E-state index in [2.05, 4.69) is 10.1 Å². The van der Waals surface area contributed by atoms with Gasteiger partial charge in [0.25, 0.3) is 0 Å². The summed E-state index contributed by atoms with van der Waals surface area (Å²) in [6.07, 6.45) is 0.570. The topological polar surface area (TPSA) is 82.1 Å². The van der Waals surface area contributed by atoms with Crippen LogP contribution in [0.15, 0.2) is 23.4 Å². The molecule has 0 spiro atoms. The number of nitrogens with two attached hydrogens (primary N) is 1. The normalized spacial score (nSPS) is 20.9. The predicted molar refractivity (Wildman–Crippen MR) is 66.5 cm³/mol. The van der Waals surface area contributed by atoms with Crippen molar-refractivity contribution >= 4 is 11.5 Å². The molecule has 5 nitrogen and oxygen atoms in total. The van der Waals surface area contributed by atoms with E-state index in [0.717, 1.165) is 29.8 Å². The number of aliphatic hydroxyl groups excluding tert-OH is 1. The molecule has 2 rings (SSSR count). The molecule has 1 aliphatic heterocycles. The van der Waals surface area contributed by atoms with Crippen molar-refractivity contribution in [3.05, 3.63) is 29.3 Å². The van der Waals surface area contributed by atoms with Gasteiger partial charge in [0.2, 0.25) is 0 Å². The number of anilines is 1. The Hall–Kier alpha value is -1.75. The fraction of sp³-hybridized carbons (Fsp3) is 0.417. The molecule has 0 aliphatic carbocycles. The van der Waals surface area contributed by atoms with Gasteiger partial charge in [-0.2, -0.15) is 0 Å². The summed E-state index contributed by atoms with van der Waals surface area (Å²) in [5.41, 5.74) is 8.32. The van der Waals surface area contributed by atoms with E-state index in [1.54, 1.807) is 0 Å². The first-order valence-corrected chi connectivity index (χ1v) is 5.63. The Morgan fingerprint density at radius 2 is 2.29 bits per heavy atom. The van der Waals surface area contributed by atoms with Gasteiger partial charge in [0.1, 0.15) is 0 Å². The number of β-amino-alcohol motifs (C(OH)–C–C–N with tert-alkyl or cyclic N) is 1. The molecule has 1 aromatic carbocycles. The second-order valence-corrected chi connectivity index (χ2v) is 4.37. The molecular weight excluding hydrogens is 218 g/mol. The van der Waals surface area contributed by atoms with Crippen molar-refractivity contribution in [1.29, 1.82) is 0 Å². The molecule has 1 fully saturated rings. The number of benzene rings is 1. The third-order valence-electron chi connectivity index (χ3n) is 3.12. The first kappa shape index (κ1) is 11.7. The number of nitrogens with zero attached hydrogens (tertiary/aromatic N) is 2. The van der Waals surface area contributed by atoms with E-state index in [4.69, 9.17) is 10.9 Å². The molecule has 0 saturated carbocycles. The Morgan fingerprint density at radius 1 is 1.53 bits per heavy atom. The van der Waals surface area contributed by atoms with Crippen LogP contribution in [0.25, 0.3) is 0 Å². The van der Waals surface area contributed by atoms with Gasteiger partial charge in [-0.25, -0.2) is 0 Å². The Bertz CT molecular complexity index is 445. The third kappa shape index (κ3) is 2.34. The number of oxime groups is 1. The van der Waals surface area contributed by atoms with Crippen LogP contribution in [0, 0.1) is 6.92 Å². The summed E-state index contributed by atoms with van der Waals surface area (Å²) in [7, 11) is 0. The standard InChI is InChI=1S/C12H17N3O2/c1-8-6-9(15-5-4-10(16)7-15)2-3-11(8)12(13)14-17/h2-3,6,10,16-17H,4-5,7H2,1H3,(H2,13,14). The highest BCUT2D eigenvalue weighted by molar-refractivity contribution is 5.98. The first-order valence-electron chi connectivity index (χ1n) is 5.63. The molecule has 1 aromatic rings. The molecule has 1 atom stereocenters. The minimum atomic E-state index is -0.237. The minimum Gasteiger partial charge on any atom is -0.409 e. The number of hydrogen-bond donors (Lipinski definition) is 3. The third-order valence-corrected chi connectivity index (χ3v) is 3.12. The fourth-order valence-corrected chi connectivity index (χ4v) is 2.16. The number of hydrogen-bond acceptors (Lipinski definition) is 4. The van der Waals surface area contributed by atoms with Crippen molar-refractivity contribution in [1.82, 2.24) is 0 Å². The maximum Gasteiger partial charge on any atom is 0.170 e. The molecule has 17 heavy (non-hydrogen) atoms. The molecule has 1 aliphatic rings. The van der Waals surface area contributed by atoms with Crippen molar-refractivity contribution in [2.75, 3.05) is 18.0 Å². The van der Waals surface area contributed by atoms with Crippen LogP contribution in [0.2, 0.25) is 0 Å². The van der Waals surface area contributed by atoms with E-state index in [1.165, 1.54) is 0 Å². The lowest BCUT2D eigenvalue weighted by Crippen LogP contribution is -2.22. The second-order valence-electron chi connectivity index (χ2n) is 4.37. The van der Waals surface area contributed by atoms with Gasteiger partial charge < -0.3 is 20.9 Å². The smallest absolute Gasteiger partial charge is 0.170 e. The summed E-state index contributed by atoms with van der Waals surface area (Å²) >= 11 is 0. The zero-order valence-electron chi connectivity index (χ0n) is 9.80. The zero-order chi connectivity index (χ0) is 12.4. The lowest BCUT2D eigenvalue weighted by Gasteiger charge is -2.19. The molecule has 0 radical (unpaired) electrons.